The highest BCUT2D eigenvalue weighted by Crippen LogP contribution is 2.27. The summed E-state index contributed by atoms with van der Waals surface area (Å²) in [7, 11) is 0. The Morgan fingerprint density at radius 1 is 1.31 bits per heavy atom. The number of hydrogen-bond acceptors (Lipinski definition) is 2. The molecule has 0 aliphatic rings. The summed E-state index contributed by atoms with van der Waals surface area (Å²) < 4.78 is 36.7. The first-order chi connectivity index (χ1) is 7.30. The number of aliphatic carboxylic acids is 1. The molecular weight excluding hydrogens is 223 g/mol. The first kappa shape index (κ1) is 15.2. The van der Waals surface area contributed by atoms with Crippen molar-refractivity contribution in [3.63, 3.8) is 0 Å². The first-order valence-corrected chi connectivity index (χ1v) is 5.35. The van der Waals surface area contributed by atoms with Crippen molar-refractivity contribution in [2.24, 2.45) is 11.7 Å². The third-order valence-electron chi connectivity index (χ3n) is 2.50. The molecule has 0 aliphatic carbocycles. The maximum atomic E-state index is 12.2. The van der Waals surface area contributed by atoms with Crippen LogP contribution in [0.5, 0.6) is 0 Å². The van der Waals surface area contributed by atoms with E-state index in [1.54, 1.807) is 0 Å². The Bertz CT molecular complexity index is 219. The minimum absolute atomic E-state index is 0.0178. The fourth-order valence-corrected chi connectivity index (χ4v) is 1.48. The molecule has 0 aromatic carbocycles. The van der Waals surface area contributed by atoms with Crippen LogP contribution in [-0.2, 0) is 4.79 Å². The third-order valence-corrected chi connectivity index (χ3v) is 2.50. The zero-order chi connectivity index (χ0) is 12.8. The summed E-state index contributed by atoms with van der Waals surface area (Å²) in [5.74, 6) is -3.00. The quantitative estimate of drug-likeness (QED) is 0.673. The van der Waals surface area contributed by atoms with Gasteiger partial charge in [-0.1, -0.05) is 32.6 Å². The molecule has 0 heterocycles. The maximum Gasteiger partial charge on any atom is 0.404 e. The van der Waals surface area contributed by atoms with Crippen molar-refractivity contribution in [2.75, 3.05) is 0 Å². The van der Waals surface area contributed by atoms with Crippen LogP contribution in [0.25, 0.3) is 0 Å². The molecule has 0 amide bonds. The summed E-state index contributed by atoms with van der Waals surface area (Å²) >= 11 is 0. The highest BCUT2D eigenvalue weighted by atomic mass is 19.4. The normalized spacial score (nSPS) is 15.8. The van der Waals surface area contributed by atoms with Gasteiger partial charge in [0, 0.05) is 0 Å². The monoisotopic (exact) mass is 241 g/mol. The Morgan fingerprint density at radius 3 is 2.25 bits per heavy atom. The van der Waals surface area contributed by atoms with Gasteiger partial charge >= 0.3 is 12.1 Å². The molecule has 0 aromatic heterocycles. The van der Waals surface area contributed by atoms with Crippen LogP contribution >= 0.6 is 0 Å². The van der Waals surface area contributed by atoms with Gasteiger partial charge < -0.3 is 10.8 Å². The maximum absolute atomic E-state index is 12.2. The van der Waals surface area contributed by atoms with Crippen molar-refractivity contribution in [2.45, 2.75) is 51.2 Å². The lowest BCUT2D eigenvalue weighted by molar-refractivity contribution is -0.173. The van der Waals surface area contributed by atoms with Gasteiger partial charge in [0.25, 0.3) is 0 Å². The van der Waals surface area contributed by atoms with Gasteiger partial charge in [0.2, 0.25) is 0 Å². The lowest BCUT2D eigenvalue weighted by Gasteiger charge is -2.22. The third kappa shape index (κ3) is 5.34. The second-order valence-corrected chi connectivity index (χ2v) is 3.86. The van der Waals surface area contributed by atoms with Crippen LogP contribution < -0.4 is 5.73 Å². The van der Waals surface area contributed by atoms with E-state index in [1.807, 2.05) is 6.92 Å². The molecule has 2 atom stereocenters. The van der Waals surface area contributed by atoms with E-state index in [2.05, 4.69) is 0 Å². The second kappa shape index (κ2) is 6.73. The molecule has 0 bridgehead atoms. The largest absolute Gasteiger partial charge is 0.481 e. The summed E-state index contributed by atoms with van der Waals surface area (Å²) in [6.45, 7) is 1.97. The molecule has 0 radical (unpaired) electrons. The van der Waals surface area contributed by atoms with Gasteiger partial charge in [0.05, 0.1) is 5.92 Å². The van der Waals surface area contributed by atoms with Gasteiger partial charge in [-0.15, -0.1) is 0 Å². The van der Waals surface area contributed by atoms with Crippen molar-refractivity contribution in [1.82, 2.24) is 0 Å². The number of nitrogens with two attached hydrogens (primary N) is 1. The minimum Gasteiger partial charge on any atom is -0.481 e. The van der Waals surface area contributed by atoms with Gasteiger partial charge in [0.1, 0.15) is 6.04 Å². The molecule has 0 aromatic rings. The van der Waals surface area contributed by atoms with Gasteiger partial charge in [0.15, 0.2) is 0 Å². The van der Waals surface area contributed by atoms with E-state index in [4.69, 9.17) is 10.8 Å². The molecule has 6 heteroatoms. The number of hydrogen-bond donors (Lipinski definition) is 2. The zero-order valence-corrected chi connectivity index (χ0v) is 9.26. The molecule has 3 nitrogen and oxygen atoms in total. The van der Waals surface area contributed by atoms with Crippen LogP contribution in [0.1, 0.15) is 39.0 Å². The highest BCUT2D eigenvalue weighted by Gasteiger charge is 2.44. The van der Waals surface area contributed by atoms with Crippen molar-refractivity contribution < 1.29 is 23.1 Å². The molecule has 0 spiro atoms. The van der Waals surface area contributed by atoms with Crippen molar-refractivity contribution in [3.8, 4) is 0 Å². The van der Waals surface area contributed by atoms with Crippen LogP contribution in [0.3, 0.4) is 0 Å². The molecular formula is C10H18F3NO2. The van der Waals surface area contributed by atoms with E-state index in [0.717, 1.165) is 19.3 Å². The van der Waals surface area contributed by atoms with Crippen LogP contribution in [-0.4, -0.2) is 23.3 Å². The summed E-state index contributed by atoms with van der Waals surface area (Å²) in [4.78, 5) is 10.7. The SMILES string of the molecule is CCCCCC[C@@H](C(=O)O)[C@@H](N)C(F)(F)F. The summed E-state index contributed by atoms with van der Waals surface area (Å²) in [5, 5.41) is 8.68. The molecule has 0 saturated carbocycles. The average molecular weight is 241 g/mol. The van der Waals surface area contributed by atoms with E-state index in [1.165, 1.54) is 0 Å². The molecule has 96 valence electrons. The fourth-order valence-electron chi connectivity index (χ4n) is 1.48. The van der Waals surface area contributed by atoms with Gasteiger partial charge in [-0.2, -0.15) is 13.2 Å². The number of halogens is 3. The summed E-state index contributed by atoms with van der Waals surface area (Å²) in [6.07, 6.45) is -1.61. The number of rotatable bonds is 7. The van der Waals surface area contributed by atoms with E-state index >= 15 is 0 Å². The Balaban J connectivity index is 4.23. The number of alkyl halides is 3. The number of carboxylic acid groups (broad SMARTS) is 1. The first-order valence-electron chi connectivity index (χ1n) is 5.35. The Morgan fingerprint density at radius 2 is 1.88 bits per heavy atom. The topological polar surface area (TPSA) is 63.3 Å². The minimum atomic E-state index is -4.65. The lowest BCUT2D eigenvalue weighted by atomic mass is 9.93. The van der Waals surface area contributed by atoms with Crippen LogP contribution in [0.2, 0.25) is 0 Å². The van der Waals surface area contributed by atoms with Crippen molar-refractivity contribution in [1.29, 1.82) is 0 Å². The van der Waals surface area contributed by atoms with Crippen LogP contribution in [0.15, 0.2) is 0 Å². The Labute approximate surface area is 92.8 Å². The van der Waals surface area contributed by atoms with Gasteiger partial charge in [-0.25, -0.2) is 0 Å². The Hall–Kier alpha value is -0.780. The van der Waals surface area contributed by atoms with E-state index in [-0.39, 0.29) is 6.42 Å². The smallest absolute Gasteiger partial charge is 0.404 e. The number of unbranched alkanes of at least 4 members (excludes halogenated alkanes) is 3. The van der Waals surface area contributed by atoms with Crippen LogP contribution in [0.4, 0.5) is 13.2 Å². The Kier molecular flexibility index (Phi) is 6.40. The fraction of sp³-hybridized carbons (Fsp3) is 0.900. The number of carboxylic acids is 1. The van der Waals surface area contributed by atoms with Crippen LogP contribution in [0, 0.1) is 5.92 Å². The second-order valence-electron chi connectivity index (χ2n) is 3.86. The summed E-state index contributed by atoms with van der Waals surface area (Å²) in [6, 6.07) is -2.27. The number of carbonyl (C=O) groups is 1. The molecule has 0 aliphatic heterocycles. The highest BCUT2D eigenvalue weighted by molar-refractivity contribution is 5.71. The molecule has 0 fully saturated rings. The predicted molar refractivity (Wildman–Crippen MR) is 53.9 cm³/mol. The molecule has 3 N–H and O–H groups in total. The van der Waals surface area contributed by atoms with Crippen molar-refractivity contribution in [3.05, 3.63) is 0 Å². The van der Waals surface area contributed by atoms with E-state index in [0.29, 0.717) is 6.42 Å². The molecule has 0 saturated heterocycles. The predicted octanol–water partition coefficient (Wildman–Crippen LogP) is 2.55. The van der Waals surface area contributed by atoms with Gasteiger partial charge in [-0.3, -0.25) is 4.79 Å². The standard InChI is InChI=1S/C10H18F3NO2/c1-2-3-4-5-6-7(9(15)16)8(14)10(11,12)13/h7-8H,2-6,14H2,1H3,(H,15,16)/t7-,8-/m1/s1. The zero-order valence-electron chi connectivity index (χ0n) is 9.26. The lowest BCUT2D eigenvalue weighted by Crippen LogP contribution is -2.46. The molecule has 0 unspecified atom stereocenters. The molecule has 0 rings (SSSR count). The summed E-state index contributed by atoms with van der Waals surface area (Å²) in [5.41, 5.74) is 4.90. The van der Waals surface area contributed by atoms with E-state index in [9.17, 15) is 18.0 Å². The average Bonchev–Trinajstić information content (AvgIpc) is 2.15. The molecule has 16 heavy (non-hydrogen) atoms. The van der Waals surface area contributed by atoms with Gasteiger partial charge in [-0.05, 0) is 6.42 Å². The van der Waals surface area contributed by atoms with Crippen molar-refractivity contribution >= 4 is 5.97 Å². The van der Waals surface area contributed by atoms with E-state index < -0.39 is 24.1 Å².